The highest BCUT2D eigenvalue weighted by Gasteiger charge is 2.34. The fraction of sp³-hybridized carbons (Fsp3) is 0.625. The third kappa shape index (κ3) is 2.45. The van der Waals surface area contributed by atoms with Crippen molar-refractivity contribution in [3.8, 4) is 0 Å². The van der Waals surface area contributed by atoms with Crippen LogP contribution in [-0.4, -0.2) is 23.9 Å². The van der Waals surface area contributed by atoms with Crippen LogP contribution in [-0.2, 0) is 11.2 Å². The van der Waals surface area contributed by atoms with E-state index in [2.05, 4.69) is 24.3 Å². The molecule has 0 amide bonds. The molecule has 3 rings (SSSR count). The predicted octanol–water partition coefficient (Wildman–Crippen LogP) is 3.04. The van der Waals surface area contributed by atoms with E-state index in [0.717, 1.165) is 19.3 Å². The topological polar surface area (TPSA) is 29.5 Å². The second-order valence-electron chi connectivity index (χ2n) is 5.83. The van der Waals surface area contributed by atoms with Gasteiger partial charge in [0.1, 0.15) is 0 Å². The van der Waals surface area contributed by atoms with Crippen molar-refractivity contribution in [2.45, 2.75) is 50.0 Å². The van der Waals surface area contributed by atoms with Gasteiger partial charge in [0.25, 0.3) is 0 Å². The first-order valence-corrected chi connectivity index (χ1v) is 7.15. The van der Waals surface area contributed by atoms with E-state index in [1.807, 2.05) is 0 Å². The van der Waals surface area contributed by atoms with Crippen molar-refractivity contribution in [2.24, 2.45) is 0 Å². The molecule has 0 radical (unpaired) electrons. The zero-order valence-corrected chi connectivity index (χ0v) is 10.9. The Hall–Kier alpha value is -0.860. The molecule has 1 atom stereocenters. The smallest absolute Gasteiger partial charge is 0.0697 e. The van der Waals surface area contributed by atoms with E-state index < -0.39 is 5.60 Å². The Balaban J connectivity index is 1.77. The molecule has 1 aliphatic heterocycles. The van der Waals surface area contributed by atoms with Crippen LogP contribution in [0.25, 0.3) is 0 Å². The molecule has 1 saturated heterocycles. The Morgan fingerprint density at radius 1 is 1.22 bits per heavy atom. The number of aryl methyl sites for hydroxylation is 1. The highest BCUT2D eigenvalue weighted by atomic mass is 16.5. The third-order valence-corrected chi connectivity index (χ3v) is 4.54. The van der Waals surface area contributed by atoms with Crippen LogP contribution in [0.4, 0.5) is 0 Å². The van der Waals surface area contributed by atoms with Crippen molar-refractivity contribution < 1.29 is 9.84 Å². The van der Waals surface area contributed by atoms with Crippen LogP contribution in [0.2, 0.25) is 0 Å². The van der Waals surface area contributed by atoms with Crippen molar-refractivity contribution in [1.82, 2.24) is 0 Å². The maximum absolute atomic E-state index is 10.7. The van der Waals surface area contributed by atoms with E-state index in [4.69, 9.17) is 4.74 Å². The minimum Gasteiger partial charge on any atom is -0.390 e. The number of hydrogen-bond donors (Lipinski definition) is 1. The van der Waals surface area contributed by atoms with Crippen LogP contribution >= 0.6 is 0 Å². The molecule has 1 fully saturated rings. The molecule has 0 spiro atoms. The van der Waals surface area contributed by atoms with Crippen molar-refractivity contribution in [1.29, 1.82) is 0 Å². The first-order valence-electron chi connectivity index (χ1n) is 7.15. The summed E-state index contributed by atoms with van der Waals surface area (Å²) in [4.78, 5) is 0. The monoisotopic (exact) mass is 246 g/mol. The number of fused-ring (bicyclic) bond motifs is 1. The minimum atomic E-state index is -0.493. The summed E-state index contributed by atoms with van der Waals surface area (Å²) >= 11 is 0. The van der Waals surface area contributed by atoms with Crippen LogP contribution in [0.1, 0.15) is 49.1 Å². The van der Waals surface area contributed by atoms with Crippen molar-refractivity contribution in [3.05, 3.63) is 35.4 Å². The average Bonchev–Trinajstić information content (AvgIpc) is 2.40. The molecule has 98 valence electrons. The summed E-state index contributed by atoms with van der Waals surface area (Å²) in [6.45, 7) is 1.43. The summed E-state index contributed by atoms with van der Waals surface area (Å²) in [5.74, 6) is 0.540. The molecule has 1 unspecified atom stereocenters. The van der Waals surface area contributed by atoms with Gasteiger partial charge in [-0.15, -0.1) is 0 Å². The maximum Gasteiger partial charge on any atom is 0.0697 e. The molecule has 1 N–H and O–H groups in total. The van der Waals surface area contributed by atoms with Crippen LogP contribution in [0.3, 0.4) is 0 Å². The molecule has 1 aliphatic carbocycles. The molecule has 2 heteroatoms. The molecular formula is C16H22O2. The van der Waals surface area contributed by atoms with E-state index in [1.165, 1.54) is 30.4 Å². The van der Waals surface area contributed by atoms with Crippen molar-refractivity contribution in [2.75, 3.05) is 13.2 Å². The standard InChI is InChI=1S/C16H22O2/c17-16(8-10-18-11-9-16)12-14-6-3-5-13-4-1-2-7-15(13)14/h1-2,4,7,14,17H,3,5-6,8-12H2. The lowest BCUT2D eigenvalue weighted by molar-refractivity contribution is -0.0722. The summed E-state index contributed by atoms with van der Waals surface area (Å²) in [6.07, 6.45) is 6.19. The SMILES string of the molecule is OC1(CC2CCCc3ccccc32)CCOCC1. The molecule has 18 heavy (non-hydrogen) atoms. The summed E-state index contributed by atoms with van der Waals surface area (Å²) < 4.78 is 5.36. The van der Waals surface area contributed by atoms with Gasteiger partial charge in [0.2, 0.25) is 0 Å². The van der Waals surface area contributed by atoms with E-state index >= 15 is 0 Å². The van der Waals surface area contributed by atoms with Gasteiger partial charge in [-0.05, 0) is 55.6 Å². The van der Waals surface area contributed by atoms with Crippen LogP contribution < -0.4 is 0 Å². The normalized spacial score (nSPS) is 26.6. The van der Waals surface area contributed by atoms with Gasteiger partial charge in [0.15, 0.2) is 0 Å². The molecule has 1 aromatic carbocycles. The second-order valence-corrected chi connectivity index (χ2v) is 5.83. The van der Waals surface area contributed by atoms with Gasteiger partial charge in [0.05, 0.1) is 5.60 Å². The van der Waals surface area contributed by atoms with E-state index in [9.17, 15) is 5.11 Å². The van der Waals surface area contributed by atoms with Gasteiger partial charge in [0, 0.05) is 13.2 Å². The minimum absolute atomic E-state index is 0.493. The highest BCUT2D eigenvalue weighted by molar-refractivity contribution is 5.32. The lowest BCUT2D eigenvalue weighted by atomic mass is 9.75. The summed E-state index contributed by atoms with van der Waals surface area (Å²) in [5, 5.41) is 10.7. The molecule has 2 aliphatic rings. The zero-order chi connectivity index (χ0) is 12.4. The Kier molecular flexibility index (Phi) is 3.40. The van der Waals surface area contributed by atoms with Crippen LogP contribution in [0, 0.1) is 0 Å². The molecular weight excluding hydrogens is 224 g/mol. The first kappa shape index (κ1) is 12.2. The van der Waals surface area contributed by atoms with Gasteiger partial charge in [-0.25, -0.2) is 0 Å². The number of ether oxygens (including phenoxy) is 1. The average molecular weight is 246 g/mol. The fourth-order valence-corrected chi connectivity index (χ4v) is 3.48. The summed E-state index contributed by atoms with van der Waals surface area (Å²) in [7, 11) is 0. The molecule has 1 aromatic rings. The number of benzene rings is 1. The Labute approximate surface area is 109 Å². The molecule has 2 nitrogen and oxygen atoms in total. The van der Waals surface area contributed by atoms with E-state index in [-0.39, 0.29) is 0 Å². The molecule has 0 saturated carbocycles. The number of hydrogen-bond acceptors (Lipinski definition) is 2. The van der Waals surface area contributed by atoms with E-state index in [1.54, 1.807) is 0 Å². The van der Waals surface area contributed by atoms with Crippen molar-refractivity contribution >= 4 is 0 Å². The quantitative estimate of drug-likeness (QED) is 0.869. The van der Waals surface area contributed by atoms with Gasteiger partial charge >= 0.3 is 0 Å². The lowest BCUT2D eigenvalue weighted by Crippen LogP contribution is -2.38. The molecule has 0 bridgehead atoms. The fourth-order valence-electron chi connectivity index (χ4n) is 3.48. The Morgan fingerprint density at radius 2 is 2.00 bits per heavy atom. The third-order valence-electron chi connectivity index (χ3n) is 4.54. The van der Waals surface area contributed by atoms with E-state index in [0.29, 0.717) is 19.1 Å². The predicted molar refractivity (Wildman–Crippen MR) is 71.7 cm³/mol. The van der Waals surface area contributed by atoms with Crippen LogP contribution in [0.5, 0.6) is 0 Å². The first-order chi connectivity index (χ1) is 8.77. The molecule has 0 aromatic heterocycles. The van der Waals surface area contributed by atoms with Gasteiger partial charge < -0.3 is 9.84 Å². The summed E-state index contributed by atoms with van der Waals surface area (Å²) in [6, 6.07) is 8.76. The summed E-state index contributed by atoms with van der Waals surface area (Å²) in [5.41, 5.74) is 2.47. The number of aliphatic hydroxyl groups is 1. The number of rotatable bonds is 2. The van der Waals surface area contributed by atoms with Gasteiger partial charge in [-0.3, -0.25) is 0 Å². The maximum atomic E-state index is 10.7. The molecule has 1 heterocycles. The Bertz CT molecular complexity index is 407. The Morgan fingerprint density at radius 3 is 2.83 bits per heavy atom. The highest BCUT2D eigenvalue weighted by Crippen LogP contribution is 2.39. The van der Waals surface area contributed by atoms with Crippen LogP contribution in [0.15, 0.2) is 24.3 Å². The lowest BCUT2D eigenvalue weighted by Gasteiger charge is -2.37. The van der Waals surface area contributed by atoms with Crippen molar-refractivity contribution in [3.63, 3.8) is 0 Å². The largest absolute Gasteiger partial charge is 0.390 e. The van der Waals surface area contributed by atoms with Gasteiger partial charge in [-0.1, -0.05) is 24.3 Å². The van der Waals surface area contributed by atoms with Gasteiger partial charge in [-0.2, -0.15) is 0 Å². The zero-order valence-electron chi connectivity index (χ0n) is 10.9. The second kappa shape index (κ2) is 5.02.